The summed E-state index contributed by atoms with van der Waals surface area (Å²) in [5, 5.41) is 2.83. The van der Waals surface area contributed by atoms with Crippen LogP contribution in [0.15, 0.2) is 24.3 Å². The maximum atomic E-state index is 12.1. The Hall–Kier alpha value is -0.630. The summed E-state index contributed by atoms with van der Waals surface area (Å²) >= 11 is 2.14. The summed E-state index contributed by atoms with van der Waals surface area (Å²) in [5.74, 6) is -0.0423. The monoisotopic (exact) mass is 379 g/mol. The summed E-state index contributed by atoms with van der Waals surface area (Å²) in [7, 11) is -3.01. The number of sulfone groups is 1. The van der Waals surface area contributed by atoms with E-state index in [9.17, 15) is 13.2 Å². The minimum atomic E-state index is -3.01. The van der Waals surface area contributed by atoms with E-state index < -0.39 is 15.4 Å². The summed E-state index contributed by atoms with van der Waals surface area (Å²) in [6.07, 6.45) is 0.477. The first kappa shape index (κ1) is 13.8. The fourth-order valence-corrected chi connectivity index (χ4v) is 4.72. The molecule has 1 unspecified atom stereocenters. The zero-order chi connectivity index (χ0) is 13.4. The Kier molecular flexibility index (Phi) is 3.68. The Morgan fingerprint density at radius 3 is 2.72 bits per heavy atom. The number of rotatable bonds is 2. The molecule has 1 aliphatic rings. The lowest BCUT2D eigenvalue weighted by atomic mass is 10.0. The van der Waals surface area contributed by atoms with Gasteiger partial charge in [0, 0.05) is 9.13 Å². The molecule has 2 rings (SSSR count). The van der Waals surface area contributed by atoms with Crippen LogP contribution in [0.25, 0.3) is 0 Å². The summed E-state index contributed by atoms with van der Waals surface area (Å²) < 4.78 is 23.9. The van der Waals surface area contributed by atoms with Crippen LogP contribution in [-0.4, -0.2) is 31.4 Å². The Bertz CT molecular complexity index is 585. The van der Waals surface area contributed by atoms with E-state index >= 15 is 0 Å². The van der Waals surface area contributed by atoms with Gasteiger partial charge in [0.2, 0.25) is 0 Å². The van der Waals surface area contributed by atoms with Gasteiger partial charge in [0.1, 0.15) is 0 Å². The van der Waals surface area contributed by atoms with Crippen molar-refractivity contribution in [1.82, 2.24) is 5.32 Å². The molecule has 98 valence electrons. The van der Waals surface area contributed by atoms with Gasteiger partial charge in [-0.15, -0.1) is 0 Å². The Morgan fingerprint density at radius 2 is 2.17 bits per heavy atom. The molecule has 0 aromatic heterocycles. The van der Waals surface area contributed by atoms with E-state index in [4.69, 9.17) is 0 Å². The molecule has 1 aromatic rings. The highest BCUT2D eigenvalue weighted by Crippen LogP contribution is 2.23. The van der Waals surface area contributed by atoms with Crippen molar-refractivity contribution in [3.63, 3.8) is 0 Å². The lowest BCUT2D eigenvalue weighted by Gasteiger charge is -2.23. The summed E-state index contributed by atoms with van der Waals surface area (Å²) in [4.78, 5) is 12.1. The quantitative estimate of drug-likeness (QED) is 0.795. The van der Waals surface area contributed by atoms with Gasteiger partial charge in [-0.2, -0.15) is 0 Å². The largest absolute Gasteiger partial charge is 0.346 e. The van der Waals surface area contributed by atoms with Gasteiger partial charge in [-0.3, -0.25) is 4.79 Å². The summed E-state index contributed by atoms with van der Waals surface area (Å²) in [6, 6.07) is 7.22. The number of nitrogens with one attached hydrogen (secondary N) is 1. The van der Waals surface area contributed by atoms with Crippen LogP contribution in [0.5, 0.6) is 0 Å². The average molecular weight is 379 g/mol. The average Bonchev–Trinajstić information content (AvgIpc) is 2.52. The van der Waals surface area contributed by atoms with Crippen molar-refractivity contribution >= 4 is 38.3 Å². The van der Waals surface area contributed by atoms with Gasteiger partial charge in [0.05, 0.1) is 17.0 Å². The highest BCUT2D eigenvalue weighted by Gasteiger charge is 2.39. The van der Waals surface area contributed by atoms with E-state index in [0.29, 0.717) is 12.0 Å². The molecule has 1 aromatic carbocycles. The van der Waals surface area contributed by atoms with Crippen molar-refractivity contribution in [2.75, 3.05) is 11.5 Å². The van der Waals surface area contributed by atoms with Crippen molar-refractivity contribution in [2.45, 2.75) is 18.9 Å². The molecular weight excluding hydrogens is 365 g/mol. The second-order valence-electron chi connectivity index (χ2n) is 4.87. The third-order valence-corrected chi connectivity index (χ3v) is 5.58. The molecule has 0 spiro atoms. The SMILES string of the molecule is CC1(NC(=O)c2cccc(I)c2)CCS(=O)(=O)C1. The van der Waals surface area contributed by atoms with Crippen LogP contribution in [-0.2, 0) is 9.84 Å². The fraction of sp³-hybridized carbons (Fsp3) is 0.417. The number of carbonyl (C=O) groups is 1. The topological polar surface area (TPSA) is 63.2 Å². The van der Waals surface area contributed by atoms with E-state index in [1.165, 1.54) is 0 Å². The highest BCUT2D eigenvalue weighted by molar-refractivity contribution is 14.1. The Balaban J connectivity index is 2.13. The molecule has 1 saturated heterocycles. The number of hydrogen-bond acceptors (Lipinski definition) is 3. The van der Waals surface area contributed by atoms with E-state index in [0.717, 1.165) is 3.57 Å². The third kappa shape index (κ3) is 3.23. The molecule has 0 saturated carbocycles. The van der Waals surface area contributed by atoms with Crippen LogP contribution >= 0.6 is 22.6 Å². The van der Waals surface area contributed by atoms with Crippen molar-refractivity contribution in [2.24, 2.45) is 0 Å². The number of amides is 1. The second-order valence-corrected chi connectivity index (χ2v) is 8.30. The second kappa shape index (κ2) is 4.80. The van der Waals surface area contributed by atoms with Gasteiger partial charge in [-0.1, -0.05) is 6.07 Å². The number of halogens is 1. The fourth-order valence-electron chi connectivity index (χ4n) is 2.09. The first-order valence-electron chi connectivity index (χ1n) is 5.58. The van der Waals surface area contributed by atoms with Gasteiger partial charge in [0.25, 0.3) is 5.91 Å². The first-order chi connectivity index (χ1) is 8.30. The minimum Gasteiger partial charge on any atom is -0.346 e. The van der Waals surface area contributed by atoms with Crippen LogP contribution in [0.3, 0.4) is 0 Å². The molecule has 0 radical (unpaired) electrons. The number of carbonyl (C=O) groups excluding carboxylic acids is 1. The van der Waals surface area contributed by atoms with E-state index in [-0.39, 0.29) is 17.4 Å². The molecular formula is C12H14INO3S. The number of benzene rings is 1. The number of hydrogen-bond donors (Lipinski definition) is 1. The Labute approximate surface area is 120 Å². The predicted molar refractivity (Wildman–Crippen MR) is 78.3 cm³/mol. The molecule has 4 nitrogen and oxygen atoms in total. The van der Waals surface area contributed by atoms with E-state index in [2.05, 4.69) is 27.9 Å². The van der Waals surface area contributed by atoms with Crippen LogP contribution in [0.2, 0.25) is 0 Å². The van der Waals surface area contributed by atoms with Crippen LogP contribution in [0.4, 0.5) is 0 Å². The third-order valence-electron chi connectivity index (χ3n) is 3.01. The summed E-state index contributed by atoms with van der Waals surface area (Å²) in [5.41, 5.74) is -0.0792. The highest BCUT2D eigenvalue weighted by atomic mass is 127. The minimum absolute atomic E-state index is 0.0235. The molecule has 1 fully saturated rings. The maximum Gasteiger partial charge on any atom is 0.251 e. The summed E-state index contributed by atoms with van der Waals surface area (Å²) in [6.45, 7) is 1.78. The predicted octanol–water partition coefficient (Wildman–Crippen LogP) is 1.60. The lowest BCUT2D eigenvalue weighted by molar-refractivity contribution is 0.0915. The molecule has 1 amide bonds. The van der Waals surface area contributed by atoms with Gasteiger partial charge in [-0.05, 0) is 54.1 Å². The van der Waals surface area contributed by atoms with Crippen LogP contribution < -0.4 is 5.32 Å². The van der Waals surface area contributed by atoms with Gasteiger partial charge < -0.3 is 5.32 Å². The zero-order valence-corrected chi connectivity index (χ0v) is 12.9. The van der Waals surface area contributed by atoms with Crippen molar-refractivity contribution in [1.29, 1.82) is 0 Å². The molecule has 18 heavy (non-hydrogen) atoms. The molecule has 1 heterocycles. The van der Waals surface area contributed by atoms with Crippen molar-refractivity contribution in [3.8, 4) is 0 Å². The standard InChI is InChI=1S/C12H14INO3S/c1-12(5-6-18(16,17)8-12)14-11(15)9-3-2-4-10(13)7-9/h2-4,7H,5-6,8H2,1H3,(H,14,15). The molecule has 6 heteroatoms. The van der Waals surface area contributed by atoms with Gasteiger partial charge in [-0.25, -0.2) is 8.42 Å². The van der Waals surface area contributed by atoms with E-state index in [1.54, 1.807) is 19.1 Å². The van der Waals surface area contributed by atoms with Gasteiger partial charge in [0.15, 0.2) is 9.84 Å². The van der Waals surface area contributed by atoms with Crippen molar-refractivity contribution in [3.05, 3.63) is 33.4 Å². The van der Waals surface area contributed by atoms with Crippen LogP contribution in [0, 0.1) is 3.57 Å². The first-order valence-corrected chi connectivity index (χ1v) is 8.48. The van der Waals surface area contributed by atoms with Crippen LogP contribution in [0.1, 0.15) is 23.7 Å². The molecule has 1 atom stereocenters. The zero-order valence-electron chi connectivity index (χ0n) is 9.94. The van der Waals surface area contributed by atoms with E-state index in [1.807, 2.05) is 12.1 Å². The van der Waals surface area contributed by atoms with Crippen molar-refractivity contribution < 1.29 is 13.2 Å². The van der Waals surface area contributed by atoms with Gasteiger partial charge >= 0.3 is 0 Å². The maximum absolute atomic E-state index is 12.1. The molecule has 1 aliphatic heterocycles. The Morgan fingerprint density at radius 1 is 1.44 bits per heavy atom. The lowest BCUT2D eigenvalue weighted by Crippen LogP contribution is -2.46. The smallest absolute Gasteiger partial charge is 0.251 e. The molecule has 1 N–H and O–H groups in total. The normalized spacial score (nSPS) is 25.9. The molecule has 0 bridgehead atoms. The molecule has 0 aliphatic carbocycles.